The third kappa shape index (κ3) is 7.74. The minimum absolute atomic E-state index is 0.105. The van der Waals surface area contributed by atoms with E-state index in [1.54, 1.807) is 19.1 Å². The average molecular weight is 508 g/mol. The van der Waals surface area contributed by atoms with E-state index in [-0.39, 0.29) is 31.3 Å². The first-order chi connectivity index (χ1) is 15.9. The molecule has 0 heterocycles. The van der Waals surface area contributed by atoms with Crippen LogP contribution in [0.4, 0.5) is 5.69 Å². The molecule has 0 aromatic heterocycles. The summed E-state index contributed by atoms with van der Waals surface area (Å²) in [6, 6.07) is 12.1. The van der Waals surface area contributed by atoms with Crippen molar-refractivity contribution in [2.45, 2.75) is 53.1 Å². The van der Waals surface area contributed by atoms with Crippen LogP contribution in [-0.4, -0.2) is 50.5 Å². The summed E-state index contributed by atoms with van der Waals surface area (Å²) in [6.07, 6.45) is 1.59. The van der Waals surface area contributed by atoms with Gasteiger partial charge in [0.15, 0.2) is 0 Å². The molecule has 2 amide bonds. The van der Waals surface area contributed by atoms with Gasteiger partial charge in [0.1, 0.15) is 6.04 Å². The van der Waals surface area contributed by atoms with Gasteiger partial charge >= 0.3 is 0 Å². The molecule has 0 fully saturated rings. The van der Waals surface area contributed by atoms with Crippen LogP contribution >= 0.6 is 11.6 Å². The van der Waals surface area contributed by atoms with Gasteiger partial charge in [-0.25, -0.2) is 8.42 Å². The molecule has 0 aliphatic rings. The highest BCUT2D eigenvalue weighted by atomic mass is 35.5. The van der Waals surface area contributed by atoms with Crippen molar-refractivity contribution in [1.82, 2.24) is 10.2 Å². The molecule has 0 spiro atoms. The van der Waals surface area contributed by atoms with Crippen LogP contribution in [0.5, 0.6) is 0 Å². The monoisotopic (exact) mass is 507 g/mol. The van der Waals surface area contributed by atoms with E-state index < -0.39 is 16.1 Å². The van der Waals surface area contributed by atoms with Crippen LogP contribution in [0.15, 0.2) is 42.5 Å². The minimum Gasteiger partial charge on any atom is -0.355 e. The lowest BCUT2D eigenvalue weighted by molar-refractivity contribution is -0.140. The van der Waals surface area contributed by atoms with Crippen LogP contribution in [0.1, 0.15) is 43.4 Å². The first-order valence-corrected chi connectivity index (χ1v) is 13.5. The van der Waals surface area contributed by atoms with Crippen molar-refractivity contribution >= 4 is 39.1 Å². The smallest absolute Gasteiger partial charge is 0.242 e. The molecule has 34 heavy (non-hydrogen) atoms. The lowest BCUT2D eigenvalue weighted by Crippen LogP contribution is -2.47. The maximum absolute atomic E-state index is 13.2. The molecule has 0 unspecified atom stereocenters. The minimum atomic E-state index is -3.53. The summed E-state index contributed by atoms with van der Waals surface area (Å²) in [6.45, 7) is 8.16. The van der Waals surface area contributed by atoms with Crippen molar-refractivity contribution in [2.24, 2.45) is 0 Å². The Kier molecular flexibility index (Phi) is 9.94. The van der Waals surface area contributed by atoms with Gasteiger partial charge in [-0.2, -0.15) is 0 Å². The van der Waals surface area contributed by atoms with E-state index in [1.165, 1.54) is 15.5 Å². The second-order valence-electron chi connectivity index (χ2n) is 8.45. The van der Waals surface area contributed by atoms with Gasteiger partial charge in [0.2, 0.25) is 21.8 Å². The number of anilines is 1. The molecule has 9 heteroatoms. The summed E-state index contributed by atoms with van der Waals surface area (Å²) in [4.78, 5) is 27.2. The predicted octanol–water partition coefficient (Wildman–Crippen LogP) is 4.06. The third-order valence-electron chi connectivity index (χ3n) is 5.57. The molecule has 1 atom stereocenters. The summed E-state index contributed by atoms with van der Waals surface area (Å²) in [5.41, 5.74) is 3.26. The Bertz CT molecular complexity index is 1100. The molecule has 0 radical (unpaired) electrons. The molecule has 0 aliphatic heterocycles. The highest BCUT2D eigenvalue weighted by Crippen LogP contribution is 2.24. The second kappa shape index (κ2) is 12.2. The van der Waals surface area contributed by atoms with E-state index in [0.717, 1.165) is 16.7 Å². The molecule has 0 aliphatic carbocycles. The van der Waals surface area contributed by atoms with E-state index in [2.05, 4.69) is 5.32 Å². The molecule has 2 aromatic carbocycles. The Morgan fingerprint density at radius 1 is 1.09 bits per heavy atom. The summed E-state index contributed by atoms with van der Waals surface area (Å²) in [5, 5.41) is 3.35. The van der Waals surface area contributed by atoms with Gasteiger partial charge in [0.25, 0.3) is 0 Å². The molecular formula is C25H34ClN3O4S. The summed E-state index contributed by atoms with van der Waals surface area (Å²) >= 11 is 5.97. The number of hydrogen-bond acceptors (Lipinski definition) is 4. The standard InChI is InChI=1S/C25H34ClN3O4S/c1-6-27-25(31)20(4)28(17-21-11-13-22(26)14-12-21)24(30)8-7-15-29(34(5,32)33)23-16-18(2)9-10-19(23)3/h9-14,16,20H,6-8,15,17H2,1-5H3,(H,27,31)/t20-/m0/s1. The predicted molar refractivity (Wildman–Crippen MR) is 137 cm³/mol. The number of carbonyl (C=O) groups is 2. The zero-order valence-electron chi connectivity index (χ0n) is 20.5. The molecule has 2 rings (SSSR count). The number of benzene rings is 2. The third-order valence-corrected chi connectivity index (χ3v) is 7.00. The zero-order valence-corrected chi connectivity index (χ0v) is 22.0. The largest absolute Gasteiger partial charge is 0.355 e. The van der Waals surface area contributed by atoms with Gasteiger partial charge in [-0.15, -0.1) is 0 Å². The summed E-state index contributed by atoms with van der Waals surface area (Å²) in [7, 11) is -3.53. The number of sulfonamides is 1. The van der Waals surface area contributed by atoms with Crippen molar-refractivity contribution in [3.05, 3.63) is 64.2 Å². The highest BCUT2D eigenvalue weighted by molar-refractivity contribution is 7.92. The van der Waals surface area contributed by atoms with Gasteiger partial charge < -0.3 is 10.2 Å². The Hall–Kier alpha value is -2.58. The summed E-state index contributed by atoms with van der Waals surface area (Å²) < 4.78 is 26.4. The van der Waals surface area contributed by atoms with E-state index in [9.17, 15) is 18.0 Å². The second-order valence-corrected chi connectivity index (χ2v) is 10.8. The Morgan fingerprint density at radius 2 is 1.74 bits per heavy atom. The van der Waals surface area contributed by atoms with E-state index in [1.807, 2.05) is 51.1 Å². The number of likely N-dealkylation sites (N-methyl/N-ethyl adjacent to an activating group) is 1. The van der Waals surface area contributed by atoms with Crippen LogP contribution in [0.2, 0.25) is 5.02 Å². The Balaban J connectivity index is 2.18. The number of halogens is 1. The number of amides is 2. The lowest BCUT2D eigenvalue weighted by Gasteiger charge is -2.29. The number of nitrogens with one attached hydrogen (secondary N) is 1. The van der Waals surface area contributed by atoms with Crippen LogP contribution in [0.3, 0.4) is 0 Å². The van der Waals surface area contributed by atoms with Crippen molar-refractivity contribution in [2.75, 3.05) is 23.7 Å². The zero-order chi connectivity index (χ0) is 25.5. The van der Waals surface area contributed by atoms with E-state index in [4.69, 9.17) is 11.6 Å². The molecule has 0 saturated heterocycles. The fourth-order valence-corrected chi connectivity index (χ4v) is 4.80. The maximum atomic E-state index is 13.2. The topological polar surface area (TPSA) is 86.8 Å². The maximum Gasteiger partial charge on any atom is 0.242 e. The first kappa shape index (κ1) is 27.7. The number of carbonyl (C=O) groups excluding carboxylic acids is 2. The molecule has 7 nitrogen and oxygen atoms in total. The molecular weight excluding hydrogens is 474 g/mol. The SMILES string of the molecule is CCNC(=O)[C@H](C)N(Cc1ccc(Cl)cc1)C(=O)CCCN(c1cc(C)ccc1C)S(C)(=O)=O. The van der Waals surface area contributed by atoms with Crippen molar-refractivity contribution in [1.29, 1.82) is 0 Å². The number of aryl methyl sites for hydroxylation is 2. The number of rotatable bonds is 11. The van der Waals surface area contributed by atoms with Gasteiger partial charge in [0, 0.05) is 31.1 Å². The van der Waals surface area contributed by atoms with Gasteiger partial charge in [-0.1, -0.05) is 35.9 Å². The molecule has 0 bridgehead atoms. The normalized spacial score (nSPS) is 12.2. The highest BCUT2D eigenvalue weighted by Gasteiger charge is 2.26. The Morgan fingerprint density at radius 3 is 2.32 bits per heavy atom. The molecule has 2 aromatic rings. The van der Waals surface area contributed by atoms with Crippen molar-refractivity contribution in [3.63, 3.8) is 0 Å². The van der Waals surface area contributed by atoms with Gasteiger partial charge in [-0.3, -0.25) is 13.9 Å². The fraction of sp³-hybridized carbons (Fsp3) is 0.440. The molecule has 0 saturated carbocycles. The van der Waals surface area contributed by atoms with Gasteiger partial charge in [0.05, 0.1) is 11.9 Å². The quantitative estimate of drug-likeness (QED) is 0.497. The molecule has 1 N–H and O–H groups in total. The number of hydrogen-bond donors (Lipinski definition) is 1. The van der Waals surface area contributed by atoms with E-state index in [0.29, 0.717) is 23.7 Å². The molecule has 186 valence electrons. The Labute approximate surface area is 208 Å². The van der Waals surface area contributed by atoms with Crippen LogP contribution in [0.25, 0.3) is 0 Å². The van der Waals surface area contributed by atoms with Crippen molar-refractivity contribution < 1.29 is 18.0 Å². The fourth-order valence-electron chi connectivity index (χ4n) is 3.66. The van der Waals surface area contributed by atoms with Crippen LogP contribution in [-0.2, 0) is 26.2 Å². The van der Waals surface area contributed by atoms with Gasteiger partial charge in [-0.05, 0) is 69.0 Å². The average Bonchev–Trinajstić information content (AvgIpc) is 2.77. The van der Waals surface area contributed by atoms with E-state index >= 15 is 0 Å². The summed E-state index contributed by atoms with van der Waals surface area (Å²) in [5.74, 6) is -0.457. The first-order valence-electron chi connectivity index (χ1n) is 11.3. The lowest BCUT2D eigenvalue weighted by atomic mass is 10.1. The van der Waals surface area contributed by atoms with Crippen molar-refractivity contribution in [3.8, 4) is 0 Å². The van der Waals surface area contributed by atoms with Crippen LogP contribution in [0, 0.1) is 13.8 Å². The van der Waals surface area contributed by atoms with Crippen LogP contribution < -0.4 is 9.62 Å². The number of nitrogens with zero attached hydrogens (tertiary/aromatic N) is 2.